The minimum absolute atomic E-state index is 0.430. The van der Waals surface area contributed by atoms with Crippen LogP contribution in [0.1, 0.15) is 22.3 Å². The van der Waals surface area contributed by atoms with Crippen molar-refractivity contribution in [3.05, 3.63) is 29.3 Å². The number of fused-ring (bicyclic) bond motifs is 1. The summed E-state index contributed by atoms with van der Waals surface area (Å²) in [6, 6.07) is 5.46. The van der Waals surface area contributed by atoms with Gasteiger partial charge < -0.3 is 15.7 Å². The average Bonchev–Trinajstić information content (AvgIpc) is 2.29. The second kappa shape index (κ2) is 4.53. The molecule has 4 nitrogen and oxygen atoms in total. The van der Waals surface area contributed by atoms with E-state index in [2.05, 4.69) is 4.90 Å². The molecule has 1 heterocycles. The molecule has 16 heavy (non-hydrogen) atoms. The first kappa shape index (κ1) is 11.0. The average molecular weight is 220 g/mol. The number of hydrogen-bond acceptors (Lipinski definition) is 3. The summed E-state index contributed by atoms with van der Waals surface area (Å²) in [4.78, 5) is 13.3. The molecule has 0 saturated carbocycles. The molecule has 0 radical (unpaired) electrons. The number of nitrogens with two attached hydrogens (primary N) is 1. The van der Waals surface area contributed by atoms with Crippen molar-refractivity contribution < 1.29 is 9.90 Å². The van der Waals surface area contributed by atoms with Crippen molar-refractivity contribution in [3.8, 4) is 0 Å². The fourth-order valence-corrected chi connectivity index (χ4v) is 2.29. The van der Waals surface area contributed by atoms with Crippen molar-refractivity contribution in [3.63, 3.8) is 0 Å². The van der Waals surface area contributed by atoms with Gasteiger partial charge in [0.2, 0.25) is 0 Å². The molecule has 1 aliphatic rings. The second-order valence-electron chi connectivity index (χ2n) is 3.99. The molecular formula is C12H16N2O2. The molecule has 1 aliphatic heterocycles. The quantitative estimate of drug-likeness (QED) is 0.800. The standard InChI is InChI=1S/C12H16N2O2/c13-6-8-14-7-2-4-9-10(12(15)16)3-1-5-11(9)14/h1,3,5H,2,4,6-8,13H2,(H,15,16). The molecule has 0 aliphatic carbocycles. The lowest BCUT2D eigenvalue weighted by Crippen LogP contribution is -2.34. The molecule has 3 N–H and O–H groups in total. The maximum absolute atomic E-state index is 11.1. The molecule has 4 heteroatoms. The molecule has 0 aromatic heterocycles. The van der Waals surface area contributed by atoms with Gasteiger partial charge in [0.1, 0.15) is 0 Å². The van der Waals surface area contributed by atoms with Gasteiger partial charge in [-0.1, -0.05) is 6.07 Å². The van der Waals surface area contributed by atoms with E-state index in [-0.39, 0.29) is 0 Å². The van der Waals surface area contributed by atoms with Gasteiger partial charge in [-0.3, -0.25) is 0 Å². The van der Waals surface area contributed by atoms with Crippen LogP contribution in [0.2, 0.25) is 0 Å². The second-order valence-corrected chi connectivity index (χ2v) is 3.99. The number of hydrogen-bond donors (Lipinski definition) is 2. The van der Waals surface area contributed by atoms with Gasteiger partial charge in [0.25, 0.3) is 0 Å². The molecule has 0 unspecified atom stereocenters. The molecule has 1 aromatic carbocycles. The summed E-state index contributed by atoms with van der Waals surface area (Å²) in [7, 11) is 0. The van der Waals surface area contributed by atoms with Gasteiger partial charge in [-0.2, -0.15) is 0 Å². The highest BCUT2D eigenvalue weighted by Crippen LogP contribution is 2.29. The van der Waals surface area contributed by atoms with E-state index in [1.54, 1.807) is 12.1 Å². The van der Waals surface area contributed by atoms with Crippen LogP contribution >= 0.6 is 0 Å². The van der Waals surface area contributed by atoms with Gasteiger partial charge in [-0.15, -0.1) is 0 Å². The number of aromatic carboxylic acids is 1. The lowest BCUT2D eigenvalue weighted by molar-refractivity contribution is 0.0695. The van der Waals surface area contributed by atoms with E-state index in [4.69, 9.17) is 10.8 Å². The van der Waals surface area contributed by atoms with Crippen molar-refractivity contribution in [2.24, 2.45) is 5.73 Å². The summed E-state index contributed by atoms with van der Waals surface area (Å²) in [5.74, 6) is -0.841. The van der Waals surface area contributed by atoms with E-state index >= 15 is 0 Å². The Bertz CT molecular complexity index is 404. The third-order valence-electron chi connectivity index (χ3n) is 2.98. The van der Waals surface area contributed by atoms with Gasteiger partial charge in [0.15, 0.2) is 0 Å². The summed E-state index contributed by atoms with van der Waals surface area (Å²) in [6.45, 7) is 2.35. The largest absolute Gasteiger partial charge is 0.478 e. The van der Waals surface area contributed by atoms with E-state index in [0.717, 1.165) is 37.2 Å². The molecule has 0 amide bonds. The smallest absolute Gasteiger partial charge is 0.336 e. The van der Waals surface area contributed by atoms with Crippen molar-refractivity contribution >= 4 is 11.7 Å². The Morgan fingerprint density at radius 1 is 1.50 bits per heavy atom. The summed E-state index contributed by atoms with van der Waals surface area (Å²) < 4.78 is 0. The lowest BCUT2D eigenvalue weighted by Gasteiger charge is -2.31. The highest BCUT2D eigenvalue weighted by molar-refractivity contribution is 5.91. The van der Waals surface area contributed by atoms with Crippen LogP contribution in [-0.4, -0.2) is 30.7 Å². The maximum atomic E-state index is 11.1. The topological polar surface area (TPSA) is 66.6 Å². The lowest BCUT2D eigenvalue weighted by atomic mass is 9.96. The Morgan fingerprint density at radius 3 is 3.00 bits per heavy atom. The van der Waals surface area contributed by atoms with Crippen molar-refractivity contribution in [2.45, 2.75) is 12.8 Å². The molecule has 2 rings (SSSR count). The van der Waals surface area contributed by atoms with E-state index in [1.807, 2.05) is 6.07 Å². The van der Waals surface area contributed by atoms with Crippen LogP contribution in [0, 0.1) is 0 Å². The van der Waals surface area contributed by atoms with Gasteiger partial charge >= 0.3 is 5.97 Å². The minimum atomic E-state index is -0.841. The highest BCUT2D eigenvalue weighted by Gasteiger charge is 2.21. The van der Waals surface area contributed by atoms with Crippen LogP contribution in [0.15, 0.2) is 18.2 Å². The summed E-state index contributed by atoms with van der Waals surface area (Å²) in [6.07, 6.45) is 1.84. The summed E-state index contributed by atoms with van der Waals surface area (Å²) >= 11 is 0. The number of nitrogens with zero attached hydrogens (tertiary/aromatic N) is 1. The van der Waals surface area contributed by atoms with Gasteiger partial charge in [0.05, 0.1) is 5.56 Å². The van der Waals surface area contributed by atoms with Crippen molar-refractivity contribution in [2.75, 3.05) is 24.5 Å². The molecule has 0 spiro atoms. The molecular weight excluding hydrogens is 204 g/mol. The summed E-state index contributed by atoms with van der Waals surface area (Å²) in [5, 5.41) is 9.11. The molecule has 0 saturated heterocycles. The van der Waals surface area contributed by atoms with E-state index in [1.165, 1.54) is 0 Å². The first-order valence-electron chi connectivity index (χ1n) is 5.54. The number of rotatable bonds is 3. The Morgan fingerprint density at radius 2 is 2.31 bits per heavy atom. The van der Waals surface area contributed by atoms with E-state index in [9.17, 15) is 4.79 Å². The molecule has 0 atom stereocenters. The van der Waals surface area contributed by atoms with Crippen LogP contribution in [-0.2, 0) is 6.42 Å². The first-order chi connectivity index (χ1) is 7.74. The molecule has 1 aromatic rings. The SMILES string of the molecule is NCCN1CCCc2c(C(=O)O)cccc21. The number of carboxylic acid groups (broad SMARTS) is 1. The van der Waals surface area contributed by atoms with Crippen molar-refractivity contribution in [1.29, 1.82) is 0 Å². The summed E-state index contributed by atoms with van der Waals surface area (Å²) in [5.41, 5.74) is 7.98. The highest BCUT2D eigenvalue weighted by atomic mass is 16.4. The normalized spacial score (nSPS) is 14.7. The third kappa shape index (κ3) is 1.88. The van der Waals surface area contributed by atoms with Gasteiger partial charge in [0, 0.05) is 25.3 Å². The zero-order valence-corrected chi connectivity index (χ0v) is 9.15. The van der Waals surface area contributed by atoms with Crippen LogP contribution in [0.5, 0.6) is 0 Å². The first-order valence-corrected chi connectivity index (χ1v) is 5.54. The van der Waals surface area contributed by atoms with Crippen molar-refractivity contribution in [1.82, 2.24) is 0 Å². The Kier molecular flexibility index (Phi) is 3.10. The maximum Gasteiger partial charge on any atom is 0.336 e. The third-order valence-corrected chi connectivity index (χ3v) is 2.98. The van der Waals surface area contributed by atoms with Crippen LogP contribution < -0.4 is 10.6 Å². The molecule has 0 fully saturated rings. The van der Waals surface area contributed by atoms with Gasteiger partial charge in [-0.05, 0) is 30.5 Å². The monoisotopic (exact) mass is 220 g/mol. The molecule has 86 valence electrons. The fraction of sp³-hybridized carbons (Fsp3) is 0.417. The van der Waals surface area contributed by atoms with Crippen LogP contribution in [0.25, 0.3) is 0 Å². The predicted octanol–water partition coefficient (Wildman–Crippen LogP) is 1.10. The van der Waals surface area contributed by atoms with E-state index in [0.29, 0.717) is 12.1 Å². The Hall–Kier alpha value is -1.55. The fourth-order valence-electron chi connectivity index (χ4n) is 2.29. The zero-order valence-electron chi connectivity index (χ0n) is 9.15. The molecule has 0 bridgehead atoms. The minimum Gasteiger partial charge on any atom is -0.478 e. The number of carbonyl (C=O) groups is 1. The number of anilines is 1. The zero-order chi connectivity index (χ0) is 11.5. The van der Waals surface area contributed by atoms with E-state index < -0.39 is 5.97 Å². The number of carboxylic acids is 1. The Balaban J connectivity index is 2.42. The predicted molar refractivity (Wildman–Crippen MR) is 63.0 cm³/mol. The number of benzene rings is 1. The Labute approximate surface area is 94.7 Å². The van der Waals surface area contributed by atoms with Gasteiger partial charge in [-0.25, -0.2) is 4.79 Å². The van der Waals surface area contributed by atoms with Crippen LogP contribution in [0.3, 0.4) is 0 Å². The van der Waals surface area contributed by atoms with Crippen LogP contribution in [0.4, 0.5) is 5.69 Å².